The van der Waals surface area contributed by atoms with Crippen LogP contribution in [0.4, 0.5) is 0 Å². The van der Waals surface area contributed by atoms with Crippen LogP contribution in [0.5, 0.6) is 0 Å². The maximum atomic E-state index is 6.15. The van der Waals surface area contributed by atoms with Crippen molar-refractivity contribution in [2.45, 2.75) is 19.4 Å². The highest BCUT2D eigenvalue weighted by Gasteiger charge is 2.08. The van der Waals surface area contributed by atoms with Crippen LogP contribution in [0, 0.1) is 6.92 Å². The van der Waals surface area contributed by atoms with E-state index in [1.54, 1.807) is 12.4 Å². The van der Waals surface area contributed by atoms with Crippen LogP contribution in [0.1, 0.15) is 23.0 Å². The fourth-order valence-electron chi connectivity index (χ4n) is 1.67. The molecular formula is C13H14BrN3. The van der Waals surface area contributed by atoms with Crippen molar-refractivity contribution < 1.29 is 0 Å². The van der Waals surface area contributed by atoms with Crippen LogP contribution in [0.2, 0.25) is 0 Å². The third kappa shape index (κ3) is 3.35. The number of rotatable bonds is 3. The second kappa shape index (κ2) is 5.38. The number of hydrogen-bond acceptors (Lipinski definition) is 3. The van der Waals surface area contributed by atoms with E-state index in [2.05, 4.69) is 25.9 Å². The maximum absolute atomic E-state index is 6.15. The molecule has 0 fully saturated rings. The molecule has 2 N–H and O–H groups in total. The van der Waals surface area contributed by atoms with Gasteiger partial charge in [-0.2, -0.15) is 0 Å². The molecule has 0 amide bonds. The molecule has 3 nitrogen and oxygen atoms in total. The van der Waals surface area contributed by atoms with Crippen molar-refractivity contribution in [3.63, 3.8) is 0 Å². The van der Waals surface area contributed by atoms with E-state index in [4.69, 9.17) is 5.73 Å². The molecule has 1 atom stereocenters. The van der Waals surface area contributed by atoms with E-state index in [9.17, 15) is 0 Å². The average Bonchev–Trinajstić information content (AvgIpc) is 2.32. The molecule has 0 saturated carbocycles. The highest BCUT2D eigenvalue weighted by molar-refractivity contribution is 9.10. The summed E-state index contributed by atoms with van der Waals surface area (Å²) < 4.78 is 0.981. The zero-order valence-corrected chi connectivity index (χ0v) is 11.2. The molecule has 0 aliphatic heterocycles. The summed E-state index contributed by atoms with van der Waals surface area (Å²) in [6.07, 6.45) is 4.32. The predicted octanol–water partition coefficient (Wildman–Crippen LogP) is 2.79. The van der Waals surface area contributed by atoms with Crippen molar-refractivity contribution in [1.82, 2.24) is 9.97 Å². The molecule has 2 heterocycles. The van der Waals surface area contributed by atoms with Crippen LogP contribution in [0.3, 0.4) is 0 Å². The summed E-state index contributed by atoms with van der Waals surface area (Å²) in [5.41, 5.74) is 9.24. The van der Waals surface area contributed by atoms with Gasteiger partial charge in [0.25, 0.3) is 0 Å². The Morgan fingerprint density at radius 3 is 2.76 bits per heavy atom. The Morgan fingerprint density at radius 2 is 2.12 bits per heavy atom. The topological polar surface area (TPSA) is 51.8 Å². The number of pyridine rings is 2. The smallest absolute Gasteiger partial charge is 0.0423 e. The highest BCUT2D eigenvalue weighted by atomic mass is 79.9. The van der Waals surface area contributed by atoms with Gasteiger partial charge in [-0.3, -0.25) is 9.97 Å². The van der Waals surface area contributed by atoms with Gasteiger partial charge in [0.1, 0.15) is 0 Å². The largest absolute Gasteiger partial charge is 0.324 e. The second-order valence-corrected chi connectivity index (χ2v) is 4.92. The number of nitrogens with two attached hydrogens (primary N) is 1. The number of aromatic nitrogens is 2. The second-order valence-electron chi connectivity index (χ2n) is 4.01. The SMILES string of the molecule is Cc1cc(C(N)Cc2ccc(Br)cn2)ccn1. The number of aryl methyl sites for hydroxylation is 1. The first-order chi connectivity index (χ1) is 8.15. The quantitative estimate of drug-likeness (QED) is 0.946. The minimum atomic E-state index is -0.0367. The van der Waals surface area contributed by atoms with E-state index >= 15 is 0 Å². The molecule has 2 rings (SSSR count). The van der Waals surface area contributed by atoms with Crippen LogP contribution in [-0.4, -0.2) is 9.97 Å². The molecule has 0 aromatic carbocycles. The van der Waals surface area contributed by atoms with Crippen molar-refractivity contribution in [3.05, 3.63) is 58.1 Å². The van der Waals surface area contributed by atoms with Gasteiger partial charge in [0.2, 0.25) is 0 Å². The summed E-state index contributed by atoms with van der Waals surface area (Å²) in [6, 6.07) is 7.90. The van der Waals surface area contributed by atoms with Crippen LogP contribution in [0.15, 0.2) is 41.1 Å². The van der Waals surface area contributed by atoms with Crippen LogP contribution in [-0.2, 0) is 6.42 Å². The van der Waals surface area contributed by atoms with Gasteiger partial charge in [-0.25, -0.2) is 0 Å². The fraction of sp³-hybridized carbons (Fsp3) is 0.231. The summed E-state index contributed by atoms with van der Waals surface area (Å²) in [5, 5.41) is 0. The van der Waals surface area contributed by atoms with Gasteiger partial charge in [-0.1, -0.05) is 0 Å². The van der Waals surface area contributed by atoms with Gasteiger partial charge in [0.05, 0.1) is 0 Å². The molecule has 2 aromatic heterocycles. The molecule has 88 valence electrons. The van der Waals surface area contributed by atoms with E-state index in [0.717, 1.165) is 27.8 Å². The van der Waals surface area contributed by atoms with Gasteiger partial charge >= 0.3 is 0 Å². The lowest BCUT2D eigenvalue weighted by Crippen LogP contribution is -2.14. The number of halogens is 1. The first-order valence-corrected chi connectivity index (χ1v) is 6.23. The minimum absolute atomic E-state index is 0.0367. The van der Waals surface area contributed by atoms with E-state index in [-0.39, 0.29) is 6.04 Å². The normalized spacial score (nSPS) is 12.4. The first-order valence-electron chi connectivity index (χ1n) is 5.44. The fourth-order valence-corrected chi connectivity index (χ4v) is 1.90. The van der Waals surface area contributed by atoms with Gasteiger partial charge in [0, 0.05) is 40.7 Å². The van der Waals surface area contributed by atoms with Crippen molar-refractivity contribution in [3.8, 4) is 0 Å². The Morgan fingerprint density at radius 1 is 1.29 bits per heavy atom. The Balaban J connectivity index is 2.11. The van der Waals surface area contributed by atoms with Crippen LogP contribution >= 0.6 is 15.9 Å². The summed E-state index contributed by atoms with van der Waals surface area (Å²) in [7, 11) is 0. The monoisotopic (exact) mass is 291 g/mol. The Hall–Kier alpha value is -1.26. The average molecular weight is 292 g/mol. The molecule has 0 aliphatic rings. The zero-order chi connectivity index (χ0) is 12.3. The third-order valence-electron chi connectivity index (χ3n) is 2.57. The molecular weight excluding hydrogens is 278 g/mol. The first kappa shape index (κ1) is 12.2. The Kier molecular flexibility index (Phi) is 3.86. The highest BCUT2D eigenvalue weighted by Crippen LogP contribution is 2.16. The van der Waals surface area contributed by atoms with E-state index < -0.39 is 0 Å². The predicted molar refractivity (Wildman–Crippen MR) is 71.5 cm³/mol. The van der Waals surface area contributed by atoms with E-state index in [1.807, 2.05) is 31.2 Å². The molecule has 0 radical (unpaired) electrons. The maximum Gasteiger partial charge on any atom is 0.0423 e. The summed E-state index contributed by atoms with van der Waals surface area (Å²) in [6.45, 7) is 1.97. The molecule has 1 unspecified atom stereocenters. The van der Waals surface area contributed by atoms with Gasteiger partial charge in [-0.05, 0) is 52.7 Å². The van der Waals surface area contributed by atoms with Gasteiger partial charge < -0.3 is 5.73 Å². The molecule has 0 saturated heterocycles. The molecule has 2 aromatic rings. The molecule has 0 spiro atoms. The van der Waals surface area contributed by atoms with Crippen LogP contribution in [0.25, 0.3) is 0 Å². The van der Waals surface area contributed by atoms with Gasteiger partial charge in [0.15, 0.2) is 0 Å². The zero-order valence-electron chi connectivity index (χ0n) is 9.60. The van der Waals surface area contributed by atoms with Crippen molar-refractivity contribution in [2.24, 2.45) is 5.73 Å². The van der Waals surface area contributed by atoms with Crippen LogP contribution < -0.4 is 5.73 Å². The Bertz CT molecular complexity index is 496. The summed E-state index contributed by atoms with van der Waals surface area (Å²) in [5.74, 6) is 0. The number of hydrogen-bond donors (Lipinski definition) is 1. The minimum Gasteiger partial charge on any atom is -0.324 e. The lowest BCUT2D eigenvalue weighted by Gasteiger charge is -2.11. The lowest BCUT2D eigenvalue weighted by atomic mass is 10.0. The van der Waals surface area contributed by atoms with Gasteiger partial charge in [-0.15, -0.1) is 0 Å². The van der Waals surface area contributed by atoms with Crippen molar-refractivity contribution >= 4 is 15.9 Å². The third-order valence-corrected chi connectivity index (χ3v) is 3.04. The Labute approximate surface area is 109 Å². The molecule has 17 heavy (non-hydrogen) atoms. The lowest BCUT2D eigenvalue weighted by molar-refractivity contribution is 0.704. The van der Waals surface area contributed by atoms with E-state index in [1.165, 1.54) is 0 Å². The molecule has 0 aliphatic carbocycles. The van der Waals surface area contributed by atoms with Crippen molar-refractivity contribution in [2.75, 3.05) is 0 Å². The molecule has 4 heteroatoms. The summed E-state index contributed by atoms with van der Waals surface area (Å²) in [4.78, 5) is 8.49. The van der Waals surface area contributed by atoms with Crippen molar-refractivity contribution in [1.29, 1.82) is 0 Å². The molecule has 0 bridgehead atoms. The summed E-state index contributed by atoms with van der Waals surface area (Å²) >= 11 is 3.36. The number of nitrogens with zero attached hydrogens (tertiary/aromatic N) is 2. The van der Waals surface area contributed by atoms with E-state index in [0.29, 0.717) is 0 Å². The standard InChI is InChI=1S/C13H14BrN3/c1-9-6-10(4-5-16-9)13(15)7-12-3-2-11(14)8-17-12/h2-6,8,13H,7,15H2,1H3.